The van der Waals surface area contributed by atoms with Crippen LogP contribution in [0.5, 0.6) is 0 Å². The van der Waals surface area contributed by atoms with Gasteiger partial charge in [0.25, 0.3) is 0 Å². The van der Waals surface area contributed by atoms with E-state index in [1.807, 2.05) is 7.11 Å². The van der Waals surface area contributed by atoms with Gasteiger partial charge in [-0.2, -0.15) is 0 Å². The highest BCUT2D eigenvalue weighted by Crippen LogP contribution is 2.27. The molecule has 0 bridgehead atoms. The van der Waals surface area contributed by atoms with E-state index in [1.54, 1.807) is 0 Å². The second-order valence-corrected chi connectivity index (χ2v) is 5.91. The first kappa shape index (κ1) is 14.0. The quantitative estimate of drug-likeness (QED) is 0.885. The van der Waals surface area contributed by atoms with Gasteiger partial charge in [-0.15, -0.1) is 0 Å². The summed E-state index contributed by atoms with van der Waals surface area (Å²) in [5, 5.41) is 3.76. The molecule has 1 fully saturated rings. The predicted octanol–water partition coefficient (Wildman–Crippen LogP) is 4.06. The highest BCUT2D eigenvalue weighted by atomic mass is 79.9. The molecule has 0 aromatic heterocycles. The lowest BCUT2D eigenvalue weighted by Crippen LogP contribution is -2.39. The molecule has 1 aliphatic rings. The minimum Gasteiger partial charge on any atom is -0.380 e. The average molecular weight is 312 g/mol. The van der Waals surface area contributed by atoms with E-state index in [1.165, 1.54) is 24.8 Å². The van der Waals surface area contributed by atoms with Crippen molar-refractivity contribution in [2.45, 2.75) is 50.8 Å². The number of halogens is 1. The molecule has 1 aromatic carbocycles. The van der Waals surface area contributed by atoms with Gasteiger partial charge in [0.05, 0.1) is 6.10 Å². The Kier molecular flexibility index (Phi) is 5.22. The van der Waals surface area contributed by atoms with Crippen LogP contribution in [0.2, 0.25) is 0 Å². The first-order chi connectivity index (χ1) is 8.74. The Hall–Kier alpha value is -0.380. The van der Waals surface area contributed by atoms with Crippen LogP contribution in [0.4, 0.5) is 0 Å². The normalized spacial score (nSPS) is 25.3. The number of methoxy groups -OCH3 is 1. The van der Waals surface area contributed by atoms with Gasteiger partial charge >= 0.3 is 0 Å². The Morgan fingerprint density at radius 3 is 2.94 bits per heavy atom. The van der Waals surface area contributed by atoms with E-state index in [-0.39, 0.29) is 0 Å². The molecule has 3 unspecified atom stereocenters. The summed E-state index contributed by atoms with van der Waals surface area (Å²) in [6, 6.07) is 9.50. The van der Waals surface area contributed by atoms with Gasteiger partial charge in [0.15, 0.2) is 0 Å². The third-order valence-electron chi connectivity index (χ3n) is 3.83. The van der Waals surface area contributed by atoms with Gasteiger partial charge in [-0.3, -0.25) is 0 Å². The number of rotatable bonds is 5. The molecule has 1 aliphatic carbocycles. The van der Waals surface area contributed by atoms with Crippen molar-refractivity contribution in [1.82, 2.24) is 5.32 Å². The zero-order valence-electron chi connectivity index (χ0n) is 11.2. The Morgan fingerprint density at radius 1 is 1.44 bits per heavy atom. The molecule has 0 radical (unpaired) electrons. The van der Waals surface area contributed by atoms with Crippen LogP contribution in [0.15, 0.2) is 28.7 Å². The lowest BCUT2D eigenvalue weighted by Gasteiger charge is -2.26. The Labute approximate surface area is 118 Å². The van der Waals surface area contributed by atoms with Crippen LogP contribution in [0, 0.1) is 0 Å². The van der Waals surface area contributed by atoms with Crippen LogP contribution in [-0.4, -0.2) is 19.3 Å². The molecule has 18 heavy (non-hydrogen) atoms. The molecular weight excluding hydrogens is 290 g/mol. The lowest BCUT2D eigenvalue weighted by atomic mass is 10.0. The summed E-state index contributed by atoms with van der Waals surface area (Å²) in [5.74, 6) is 0. The highest BCUT2D eigenvalue weighted by Gasteiger charge is 2.28. The number of benzene rings is 1. The van der Waals surface area contributed by atoms with Crippen LogP contribution in [-0.2, 0) is 4.74 Å². The molecule has 3 heteroatoms. The SMILES string of the molecule is CCC(NC1CCCC1OC)c1cccc(Br)c1. The molecule has 1 N–H and O–H groups in total. The molecule has 0 amide bonds. The van der Waals surface area contributed by atoms with Crippen molar-refractivity contribution in [3.05, 3.63) is 34.3 Å². The molecule has 2 nitrogen and oxygen atoms in total. The Bertz CT molecular complexity index is 383. The van der Waals surface area contributed by atoms with Crippen LogP contribution in [0.25, 0.3) is 0 Å². The zero-order chi connectivity index (χ0) is 13.0. The second-order valence-electron chi connectivity index (χ2n) is 4.99. The van der Waals surface area contributed by atoms with Crippen molar-refractivity contribution in [2.75, 3.05) is 7.11 Å². The van der Waals surface area contributed by atoms with Crippen LogP contribution >= 0.6 is 15.9 Å². The van der Waals surface area contributed by atoms with Crippen molar-refractivity contribution in [2.24, 2.45) is 0 Å². The summed E-state index contributed by atoms with van der Waals surface area (Å²) in [4.78, 5) is 0. The monoisotopic (exact) mass is 311 g/mol. The maximum Gasteiger partial charge on any atom is 0.0724 e. The molecular formula is C15H22BrNO. The average Bonchev–Trinajstić information content (AvgIpc) is 2.83. The van der Waals surface area contributed by atoms with Gasteiger partial charge < -0.3 is 10.1 Å². The fourth-order valence-electron chi connectivity index (χ4n) is 2.83. The smallest absolute Gasteiger partial charge is 0.0724 e. The van der Waals surface area contributed by atoms with Crippen LogP contribution < -0.4 is 5.32 Å². The minimum absolute atomic E-state index is 0.381. The zero-order valence-corrected chi connectivity index (χ0v) is 12.7. The number of ether oxygens (including phenoxy) is 1. The molecule has 100 valence electrons. The molecule has 1 aromatic rings. The van der Waals surface area contributed by atoms with Crippen molar-refractivity contribution in [3.63, 3.8) is 0 Å². The van der Waals surface area contributed by atoms with Crippen LogP contribution in [0.1, 0.15) is 44.2 Å². The number of nitrogens with one attached hydrogen (secondary N) is 1. The summed E-state index contributed by atoms with van der Waals surface area (Å²) in [6.45, 7) is 2.23. The molecule has 3 atom stereocenters. The minimum atomic E-state index is 0.381. The summed E-state index contributed by atoms with van der Waals surface area (Å²) in [5.41, 5.74) is 1.36. The van der Waals surface area contributed by atoms with Crippen LogP contribution in [0.3, 0.4) is 0 Å². The first-order valence-corrected chi connectivity index (χ1v) is 7.58. The van der Waals surface area contributed by atoms with Crippen molar-refractivity contribution >= 4 is 15.9 Å². The predicted molar refractivity (Wildman–Crippen MR) is 78.7 cm³/mol. The third-order valence-corrected chi connectivity index (χ3v) is 4.32. The van der Waals surface area contributed by atoms with Crippen molar-refractivity contribution in [3.8, 4) is 0 Å². The van der Waals surface area contributed by atoms with Gasteiger partial charge in [0.1, 0.15) is 0 Å². The van der Waals surface area contributed by atoms with Gasteiger partial charge in [-0.1, -0.05) is 35.0 Å². The number of hydrogen-bond acceptors (Lipinski definition) is 2. The third kappa shape index (κ3) is 3.34. The van der Waals surface area contributed by atoms with Gasteiger partial charge in [-0.05, 0) is 43.4 Å². The fraction of sp³-hybridized carbons (Fsp3) is 0.600. The first-order valence-electron chi connectivity index (χ1n) is 6.79. The maximum atomic E-state index is 5.56. The molecule has 1 saturated carbocycles. The fourth-order valence-corrected chi connectivity index (χ4v) is 3.25. The van der Waals surface area contributed by atoms with E-state index in [2.05, 4.69) is 52.4 Å². The molecule has 0 spiro atoms. The van der Waals surface area contributed by atoms with E-state index >= 15 is 0 Å². The van der Waals surface area contributed by atoms with Gasteiger partial charge in [0, 0.05) is 23.7 Å². The summed E-state index contributed by atoms with van der Waals surface area (Å²) in [6.07, 6.45) is 5.16. The van der Waals surface area contributed by atoms with Gasteiger partial charge in [-0.25, -0.2) is 0 Å². The molecule has 0 aliphatic heterocycles. The second kappa shape index (κ2) is 6.69. The van der Waals surface area contributed by atoms with Gasteiger partial charge in [0.2, 0.25) is 0 Å². The van der Waals surface area contributed by atoms with E-state index in [4.69, 9.17) is 4.74 Å². The summed E-state index contributed by atoms with van der Waals surface area (Å²) < 4.78 is 6.71. The molecule has 0 heterocycles. The Morgan fingerprint density at radius 2 is 2.28 bits per heavy atom. The van der Waals surface area contributed by atoms with E-state index in [0.717, 1.165) is 10.9 Å². The number of hydrogen-bond donors (Lipinski definition) is 1. The summed E-state index contributed by atoms with van der Waals surface area (Å²) in [7, 11) is 1.82. The maximum absolute atomic E-state index is 5.56. The summed E-state index contributed by atoms with van der Waals surface area (Å²) >= 11 is 3.55. The largest absolute Gasteiger partial charge is 0.380 e. The standard InChI is InChI=1S/C15H22BrNO/c1-3-13(11-6-4-7-12(16)10-11)17-14-8-5-9-15(14)18-2/h4,6-7,10,13-15,17H,3,5,8-9H2,1-2H3. The van der Waals surface area contributed by atoms with E-state index in [9.17, 15) is 0 Å². The molecule has 2 rings (SSSR count). The van der Waals surface area contributed by atoms with E-state index in [0.29, 0.717) is 18.2 Å². The topological polar surface area (TPSA) is 21.3 Å². The van der Waals surface area contributed by atoms with Crippen molar-refractivity contribution < 1.29 is 4.74 Å². The van der Waals surface area contributed by atoms with E-state index < -0.39 is 0 Å². The van der Waals surface area contributed by atoms with Crippen molar-refractivity contribution in [1.29, 1.82) is 0 Å². The highest BCUT2D eigenvalue weighted by molar-refractivity contribution is 9.10. The lowest BCUT2D eigenvalue weighted by molar-refractivity contribution is 0.0810. The molecule has 0 saturated heterocycles. The Balaban J connectivity index is 2.05.